The van der Waals surface area contributed by atoms with Gasteiger partial charge >= 0.3 is 12.1 Å². The molecule has 0 atom stereocenters. The fourth-order valence-electron chi connectivity index (χ4n) is 1.52. The van der Waals surface area contributed by atoms with E-state index in [1.54, 1.807) is 6.21 Å². The third-order valence-corrected chi connectivity index (χ3v) is 2.25. The predicted octanol–water partition coefficient (Wildman–Crippen LogP) is 1.19. The van der Waals surface area contributed by atoms with E-state index in [0.717, 1.165) is 11.1 Å². The van der Waals surface area contributed by atoms with E-state index in [9.17, 15) is 9.59 Å². The van der Waals surface area contributed by atoms with Gasteiger partial charge in [0.25, 0.3) is 0 Å². The molecule has 0 aliphatic carbocycles. The molecule has 0 bridgehead atoms. The summed E-state index contributed by atoms with van der Waals surface area (Å²) >= 11 is 0. The minimum absolute atomic E-state index is 0.0511. The van der Waals surface area contributed by atoms with Gasteiger partial charge in [-0.05, 0) is 11.6 Å². The van der Waals surface area contributed by atoms with Crippen LogP contribution in [0.15, 0.2) is 40.3 Å². The highest BCUT2D eigenvalue weighted by Gasteiger charge is 2.26. The van der Waals surface area contributed by atoms with Crippen LogP contribution in [0.5, 0.6) is 0 Å². The van der Waals surface area contributed by atoms with E-state index < -0.39 is 12.1 Å². The summed E-state index contributed by atoms with van der Waals surface area (Å²) < 4.78 is 0. The Labute approximate surface area is 90.5 Å². The highest BCUT2D eigenvalue weighted by molar-refractivity contribution is 5.92. The molecule has 0 saturated carbocycles. The van der Waals surface area contributed by atoms with Gasteiger partial charge < -0.3 is 10.2 Å². The first kappa shape index (κ1) is 10.2. The molecular formula is C10H8N2O4. The molecule has 2 aliphatic heterocycles. The summed E-state index contributed by atoms with van der Waals surface area (Å²) in [6.07, 6.45) is 4.73. The normalized spacial score (nSPS) is 18.2. The summed E-state index contributed by atoms with van der Waals surface area (Å²) in [6, 6.07) is 0. The lowest BCUT2D eigenvalue weighted by Crippen LogP contribution is -2.29. The van der Waals surface area contributed by atoms with Crippen LogP contribution in [0, 0.1) is 0 Å². The Bertz CT molecular complexity index is 485. The molecule has 0 fully saturated rings. The minimum atomic E-state index is -1.23. The maximum atomic E-state index is 10.9. The lowest BCUT2D eigenvalue weighted by molar-refractivity contribution is -0.132. The number of amides is 1. The summed E-state index contributed by atoms with van der Waals surface area (Å²) in [5.41, 5.74) is 0.988. The van der Waals surface area contributed by atoms with Gasteiger partial charge in [-0.2, -0.15) is 0 Å². The van der Waals surface area contributed by atoms with Gasteiger partial charge in [0.1, 0.15) is 0 Å². The number of fused-ring (bicyclic) bond motifs is 1. The molecule has 0 radical (unpaired) electrons. The fraction of sp³-hybridized carbons (Fsp3) is 0.100. The molecule has 2 N–H and O–H groups in total. The average Bonchev–Trinajstić information content (AvgIpc) is 2.27. The maximum absolute atomic E-state index is 10.9. The Balaban J connectivity index is 2.48. The molecule has 82 valence electrons. The molecule has 2 aliphatic rings. The predicted molar refractivity (Wildman–Crippen MR) is 54.9 cm³/mol. The maximum Gasteiger partial charge on any atom is 0.416 e. The van der Waals surface area contributed by atoms with E-state index in [0.29, 0.717) is 17.7 Å². The van der Waals surface area contributed by atoms with E-state index in [1.165, 1.54) is 12.3 Å². The van der Waals surface area contributed by atoms with Crippen LogP contribution < -0.4 is 0 Å². The van der Waals surface area contributed by atoms with Crippen molar-refractivity contribution in [1.29, 1.82) is 0 Å². The van der Waals surface area contributed by atoms with Crippen LogP contribution in [-0.4, -0.2) is 33.4 Å². The number of carbonyl (C=O) groups is 2. The van der Waals surface area contributed by atoms with Gasteiger partial charge in [0.15, 0.2) is 0 Å². The molecule has 0 aromatic carbocycles. The largest absolute Gasteiger partial charge is 0.478 e. The molecule has 16 heavy (non-hydrogen) atoms. The number of hydrogen-bond acceptors (Lipinski definition) is 3. The van der Waals surface area contributed by atoms with E-state index in [1.807, 2.05) is 0 Å². The first-order chi connectivity index (χ1) is 7.59. The van der Waals surface area contributed by atoms with E-state index in [4.69, 9.17) is 10.2 Å². The molecular weight excluding hydrogens is 212 g/mol. The van der Waals surface area contributed by atoms with Crippen LogP contribution >= 0.6 is 0 Å². The van der Waals surface area contributed by atoms with Crippen molar-refractivity contribution in [3.05, 3.63) is 35.3 Å². The van der Waals surface area contributed by atoms with Crippen molar-refractivity contribution in [1.82, 2.24) is 4.90 Å². The third-order valence-electron chi connectivity index (χ3n) is 2.25. The Hall–Kier alpha value is -2.37. The molecule has 0 aromatic rings. The molecule has 2 heterocycles. The number of carboxylic acid groups (broad SMARTS) is 2. The van der Waals surface area contributed by atoms with Crippen LogP contribution in [0.25, 0.3) is 0 Å². The monoisotopic (exact) mass is 220 g/mol. The zero-order valence-electron chi connectivity index (χ0n) is 8.12. The molecule has 0 saturated heterocycles. The fourth-order valence-corrected chi connectivity index (χ4v) is 1.52. The summed E-state index contributed by atoms with van der Waals surface area (Å²) in [7, 11) is 0. The molecule has 1 amide bonds. The lowest BCUT2D eigenvalue weighted by atomic mass is 10.0. The van der Waals surface area contributed by atoms with Crippen molar-refractivity contribution in [2.45, 2.75) is 6.42 Å². The molecule has 6 nitrogen and oxygen atoms in total. The first-order valence-corrected chi connectivity index (χ1v) is 4.49. The Kier molecular flexibility index (Phi) is 2.32. The standard InChI is InChI=1S/C10H8N2O4/c13-9(14)7-3-6-1-2-11-4-8(6)12(5-7)10(15)16/h2-5H,1H2,(H,13,14)(H,15,16). The number of rotatable bonds is 1. The smallest absolute Gasteiger partial charge is 0.416 e. The quantitative estimate of drug-likeness (QED) is 0.694. The van der Waals surface area contributed by atoms with Crippen molar-refractivity contribution < 1.29 is 19.8 Å². The van der Waals surface area contributed by atoms with Crippen molar-refractivity contribution in [3.63, 3.8) is 0 Å². The van der Waals surface area contributed by atoms with Gasteiger partial charge in [0.05, 0.1) is 17.5 Å². The average molecular weight is 220 g/mol. The summed E-state index contributed by atoms with van der Waals surface area (Å²) in [5, 5.41) is 17.8. The van der Waals surface area contributed by atoms with Crippen molar-refractivity contribution in [2.24, 2.45) is 4.99 Å². The minimum Gasteiger partial charge on any atom is -0.478 e. The molecule has 6 heteroatoms. The number of carboxylic acids is 1. The second-order valence-electron chi connectivity index (χ2n) is 3.26. The Morgan fingerprint density at radius 2 is 2.12 bits per heavy atom. The second-order valence-corrected chi connectivity index (χ2v) is 3.26. The van der Waals surface area contributed by atoms with Crippen LogP contribution in [-0.2, 0) is 4.79 Å². The lowest BCUT2D eigenvalue weighted by Gasteiger charge is -2.25. The van der Waals surface area contributed by atoms with Gasteiger partial charge in [-0.3, -0.25) is 9.89 Å². The molecule has 2 rings (SSSR count). The van der Waals surface area contributed by atoms with E-state index in [2.05, 4.69) is 4.99 Å². The Morgan fingerprint density at radius 1 is 1.38 bits per heavy atom. The number of allylic oxidation sites excluding steroid dienone is 1. The van der Waals surface area contributed by atoms with Gasteiger partial charge in [-0.25, -0.2) is 9.59 Å². The highest BCUT2D eigenvalue weighted by atomic mass is 16.4. The van der Waals surface area contributed by atoms with Gasteiger partial charge in [-0.15, -0.1) is 0 Å². The number of aliphatic carboxylic acids is 1. The number of aliphatic imine (C=N–C) groups is 1. The van der Waals surface area contributed by atoms with Crippen LogP contribution in [0.4, 0.5) is 4.79 Å². The van der Waals surface area contributed by atoms with Gasteiger partial charge in [0.2, 0.25) is 0 Å². The third kappa shape index (κ3) is 1.60. The highest BCUT2D eigenvalue weighted by Crippen LogP contribution is 2.28. The zero-order valence-corrected chi connectivity index (χ0v) is 8.12. The van der Waals surface area contributed by atoms with Gasteiger partial charge in [0, 0.05) is 18.8 Å². The van der Waals surface area contributed by atoms with Crippen molar-refractivity contribution in [2.75, 3.05) is 0 Å². The second kappa shape index (κ2) is 3.65. The molecule has 0 unspecified atom stereocenters. The summed E-state index contributed by atoms with van der Waals surface area (Å²) in [4.78, 5) is 26.5. The number of hydrogen-bond donors (Lipinski definition) is 2. The van der Waals surface area contributed by atoms with Crippen LogP contribution in [0.3, 0.4) is 0 Å². The van der Waals surface area contributed by atoms with Crippen molar-refractivity contribution in [3.8, 4) is 0 Å². The first-order valence-electron chi connectivity index (χ1n) is 4.49. The van der Waals surface area contributed by atoms with Gasteiger partial charge in [-0.1, -0.05) is 0 Å². The molecule has 0 spiro atoms. The summed E-state index contributed by atoms with van der Waals surface area (Å²) in [6.45, 7) is 0. The number of nitrogens with zero attached hydrogens (tertiary/aromatic N) is 2. The van der Waals surface area contributed by atoms with Crippen LogP contribution in [0.1, 0.15) is 6.42 Å². The van der Waals surface area contributed by atoms with E-state index in [-0.39, 0.29) is 5.57 Å². The molecule has 0 aromatic heterocycles. The van der Waals surface area contributed by atoms with E-state index >= 15 is 0 Å². The Morgan fingerprint density at radius 3 is 2.75 bits per heavy atom. The summed E-state index contributed by atoms with van der Waals surface area (Å²) in [5.74, 6) is -1.15. The zero-order chi connectivity index (χ0) is 11.7. The van der Waals surface area contributed by atoms with Crippen LogP contribution in [0.2, 0.25) is 0 Å². The topological polar surface area (TPSA) is 90.2 Å². The SMILES string of the molecule is O=C(O)C1=CN(C(=O)O)C2=CN=CCC2=C1. The van der Waals surface area contributed by atoms with Crippen molar-refractivity contribution >= 4 is 18.3 Å².